The fraction of sp³-hybridized carbons (Fsp3) is 0.944. The maximum atomic E-state index is 12.8. The summed E-state index contributed by atoms with van der Waals surface area (Å²) >= 11 is 0. The Labute approximate surface area is 144 Å². The molecule has 0 radical (unpaired) electrons. The topological polar surface area (TPSA) is 51.2 Å². The van der Waals surface area contributed by atoms with E-state index in [0.717, 1.165) is 58.5 Å². The van der Waals surface area contributed by atoms with Crippen molar-refractivity contribution < 1.29 is 19.0 Å². The zero-order valence-electron chi connectivity index (χ0n) is 14.5. The molecule has 0 aromatic rings. The second-order valence-corrected chi connectivity index (χ2v) is 7.57. The van der Waals surface area contributed by atoms with Crippen LogP contribution in [0.25, 0.3) is 0 Å². The number of hydrogen-bond donors (Lipinski definition) is 0. The van der Waals surface area contributed by atoms with E-state index in [1.807, 2.05) is 0 Å². The minimum atomic E-state index is -0.00917. The molecule has 3 heterocycles. The molecule has 2 atom stereocenters. The highest BCUT2D eigenvalue weighted by Crippen LogP contribution is 2.29. The van der Waals surface area contributed by atoms with Crippen LogP contribution in [0, 0.1) is 5.92 Å². The molecule has 1 saturated carbocycles. The summed E-state index contributed by atoms with van der Waals surface area (Å²) in [5.74, 6) is 0.784. The van der Waals surface area contributed by atoms with Gasteiger partial charge in [-0.3, -0.25) is 9.69 Å². The number of nitrogens with zero attached hydrogens (tertiary/aromatic N) is 2. The number of amides is 1. The van der Waals surface area contributed by atoms with Crippen LogP contribution in [0.5, 0.6) is 0 Å². The van der Waals surface area contributed by atoms with Crippen LogP contribution in [0.2, 0.25) is 0 Å². The van der Waals surface area contributed by atoms with Crippen LogP contribution in [0.3, 0.4) is 0 Å². The highest BCUT2D eigenvalue weighted by Gasteiger charge is 2.37. The Morgan fingerprint density at radius 3 is 2.42 bits per heavy atom. The summed E-state index contributed by atoms with van der Waals surface area (Å²) in [6.45, 7) is 5.41. The Morgan fingerprint density at radius 2 is 1.62 bits per heavy atom. The number of likely N-dealkylation sites (tertiary alicyclic amines) is 1. The molecule has 3 aliphatic heterocycles. The predicted octanol–water partition coefficient (Wildman–Crippen LogP) is 1.24. The molecule has 4 rings (SSSR count). The van der Waals surface area contributed by atoms with Gasteiger partial charge in [0.05, 0.1) is 38.5 Å². The fourth-order valence-electron chi connectivity index (χ4n) is 4.72. The molecule has 6 heteroatoms. The lowest BCUT2D eigenvalue weighted by molar-refractivity contribution is -0.151. The van der Waals surface area contributed by atoms with Crippen LogP contribution < -0.4 is 0 Å². The highest BCUT2D eigenvalue weighted by molar-refractivity contribution is 5.78. The summed E-state index contributed by atoms with van der Waals surface area (Å²) < 4.78 is 17.2. The van der Waals surface area contributed by atoms with Gasteiger partial charge in [0, 0.05) is 12.5 Å². The van der Waals surface area contributed by atoms with Crippen LogP contribution in [0.4, 0.5) is 0 Å². The molecule has 0 bridgehead atoms. The van der Waals surface area contributed by atoms with Crippen molar-refractivity contribution in [3.63, 3.8) is 0 Å². The van der Waals surface area contributed by atoms with Gasteiger partial charge in [-0.05, 0) is 38.8 Å². The average molecular weight is 338 g/mol. The summed E-state index contributed by atoms with van der Waals surface area (Å²) in [7, 11) is 0. The summed E-state index contributed by atoms with van der Waals surface area (Å²) in [5, 5.41) is 0. The number of rotatable bonds is 3. The van der Waals surface area contributed by atoms with Gasteiger partial charge in [0.25, 0.3) is 0 Å². The first kappa shape index (κ1) is 16.8. The van der Waals surface area contributed by atoms with Gasteiger partial charge >= 0.3 is 0 Å². The Morgan fingerprint density at radius 1 is 0.875 bits per heavy atom. The summed E-state index contributed by atoms with van der Waals surface area (Å²) in [6, 6.07) is 0.317. The number of morpholine rings is 1. The molecular formula is C18H30N2O4. The Hall–Kier alpha value is -0.690. The number of carbonyl (C=O) groups excluding carboxylic acids is 1. The van der Waals surface area contributed by atoms with Crippen LogP contribution in [0.1, 0.15) is 38.5 Å². The fourth-order valence-corrected chi connectivity index (χ4v) is 4.72. The number of hydrogen-bond acceptors (Lipinski definition) is 5. The van der Waals surface area contributed by atoms with E-state index in [9.17, 15) is 4.79 Å². The smallest absolute Gasteiger partial charge is 0.237 e. The van der Waals surface area contributed by atoms with E-state index in [4.69, 9.17) is 14.2 Å². The number of fused-ring (bicyclic) bond motifs is 1. The van der Waals surface area contributed by atoms with Gasteiger partial charge in [-0.2, -0.15) is 0 Å². The number of carbonyl (C=O) groups is 1. The lowest BCUT2D eigenvalue weighted by atomic mass is 9.90. The van der Waals surface area contributed by atoms with Crippen molar-refractivity contribution in [2.45, 2.75) is 57.0 Å². The normalized spacial score (nSPS) is 33.6. The van der Waals surface area contributed by atoms with E-state index >= 15 is 0 Å². The van der Waals surface area contributed by atoms with Crippen molar-refractivity contribution in [3.05, 3.63) is 0 Å². The standard InChI is InChI=1S/C18H30N2O4/c21-17(20-9-10-22-16-4-2-1-3-15(16)20)13-19-7-5-14(6-8-19)18-23-11-12-24-18/h14-16,18H,1-13H2. The summed E-state index contributed by atoms with van der Waals surface area (Å²) in [6.07, 6.45) is 7.07. The molecular weight excluding hydrogens is 308 g/mol. The van der Waals surface area contributed by atoms with Crippen molar-refractivity contribution in [2.75, 3.05) is 46.0 Å². The lowest BCUT2D eigenvalue weighted by Crippen LogP contribution is -2.57. The van der Waals surface area contributed by atoms with E-state index in [-0.39, 0.29) is 12.4 Å². The van der Waals surface area contributed by atoms with Gasteiger partial charge in [-0.15, -0.1) is 0 Å². The van der Waals surface area contributed by atoms with Crippen molar-refractivity contribution in [2.24, 2.45) is 5.92 Å². The third-order valence-electron chi connectivity index (χ3n) is 6.08. The van der Waals surface area contributed by atoms with Gasteiger partial charge in [0.1, 0.15) is 0 Å². The van der Waals surface area contributed by atoms with E-state index < -0.39 is 0 Å². The number of ether oxygens (including phenoxy) is 3. The third-order valence-corrected chi connectivity index (χ3v) is 6.08. The van der Waals surface area contributed by atoms with Gasteiger partial charge in [-0.1, -0.05) is 12.8 Å². The van der Waals surface area contributed by atoms with Gasteiger partial charge < -0.3 is 19.1 Å². The van der Waals surface area contributed by atoms with E-state index in [1.54, 1.807) is 0 Å². The lowest BCUT2D eigenvalue weighted by Gasteiger charge is -2.44. The first-order chi connectivity index (χ1) is 11.8. The van der Waals surface area contributed by atoms with Crippen molar-refractivity contribution in [1.29, 1.82) is 0 Å². The average Bonchev–Trinajstić information content (AvgIpc) is 3.16. The second kappa shape index (κ2) is 7.68. The molecule has 3 saturated heterocycles. The zero-order valence-corrected chi connectivity index (χ0v) is 14.5. The van der Waals surface area contributed by atoms with Crippen molar-refractivity contribution >= 4 is 5.91 Å². The SMILES string of the molecule is O=C(CN1CCC(C2OCCO2)CC1)N1CCOC2CCCCC21. The molecule has 0 aromatic heterocycles. The number of piperidine rings is 1. The molecule has 2 unspecified atom stereocenters. The Kier molecular flexibility index (Phi) is 5.37. The second-order valence-electron chi connectivity index (χ2n) is 7.57. The minimum absolute atomic E-state index is 0.00917. The van der Waals surface area contributed by atoms with Gasteiger partial charge in [-0.25, -0.2) is 0 Å². The molecule has 24 heavy (non-hydrogen) atoms. The maximum absolute atomic E-state index is 12.8. The Balaban J connectivity index is 1.27. The van der Waals surface area contributed by atoms with Crippen LogP contribution in [0.15, 0.2) is 0 Å². The predicted molar refractivity (Wildman–Crippen MR) is 88.6 cm³/mol. The summed E-state index contributed by atoms with van der Waals surface area (Å²) in [4.78, 5) is 17.3. The molecule has 0 aromatic carbocycles. The molecule has 136 valence electrons. The van der Waals surface area contributed by atoms with E-state index in [1.165, 1.54) is 12.8 Å². The summed E-state index contributed by atoms with van der Waals surface area (Å²) in [5.41, 5.74) is 0. The van der Waals surface area contributed by atoms with Gasteiger partial charge in [0.2, 0.25) is 5.91 Å². The first-order valence-corrected chi connectivity index (χ1v) is 9.68. The molecule has 0 N–H and O–H groups in total. The van der Waals surface area contributed by atoms with Crippen molar-refractivity contribution in [1.82, 2.24) is 9.80 Å². The van der Waals surface area contributed by atoms with Crippen molar-refractivity contribution in [3.8, 4) is 0 Å². The van der Waals surface area contributed by atoms with Crippen LogP contribution in [-0.4, -0.2) is 80.1 Å². The van der Waals surface area contributed by atoms with E-state index in [0.29, 0.717) is 31.0 Å². The molecule has 0 spiro atoms. The zero-order chi connectivity index (χ0) is 16.4. The first-order valence-electron chi connectivity index (χ1n) is 9.68. The molecule has 4 aliphatic rings. The molecule has 1 aliphatic carbocycles. The molecule has 4 fully saturated rings. The minimum Gasteiger partial charge on any atom is -0.374 e. The van der Waals surface area contributed by atoms with Crippen LogP contribution in [-0.2, 0) is 19.0 Å². The van der Waals surface area contributed by atoms with E-state index in [2.05, 4.69) is 9.80 Å². The molecule has 6 nitrogen and oxygen atoms in total. The highest BCUT2D eigenvalue weighted by atomic mass is 16.7. The largest absolute Gasteiger partial charge is 0.374 e. The van der Waals surface area contributed by atoms with Gasteiger partial charge in [0.15, 0.2) is 6.29 Å². The quantitative estimate of drug-likeness (QED) is 0.775. The monoisotopic (exact) mass is 338 g/mol. The molecule has 1 amide bonds. The van der Waals surface area contributed by atoms with Crippen LogP contribution >= 0.6 is 0 Å². The Bertz CT molecular complexity index is 431. The maximum Gasteiger partial charge on any atom is 0.237 e. The third kappa shape index (κ3) is 3.62.